The summed E-state index contributed by atoms with van der Waals surface area (Å²) in [6, 6.07) is 8.96. The summed E-state index contributed by atoms with van der Waals surface area (Å²) in [5.74, 6) is -0.450. The first-order chi connectivity index (χ1) is 7.11. The molecule has 0 saturated carbocycles. The summed E-state index contributed by atoms with van der Waals surface area (Å²) in [6.45, 7) is 1.13. The summed E-state index contributed by atoms with van der Waals surface area (Å²) in [5, 5.41) is 9.56. The van der Waals surface area contributed by atoms with Crippen molar-refractivity contribution < 1.29 is 16.0 Å². The summed E-state index contributed by atoms with van der Waals surface area (Å²) in [5.41, 5.74) is 0.706. The van der Waals surface area contributed by atoms with Gasteiger partial charge < -0.3 is 9.84 Å². The average Bonchev–Trinajstić information content (AvgIpc) is 2.26. The van der Waals surface area contributed by atoms with E-state index in [4.69, 9.17) is 1.37 Å². The molecule has 1 rings (SSSR count). The van der Waals surface area contributed by atoms with Crippen molar-refractivity contribution in [3.05, 3.63) is 35.9 Å². The van der Waals surface area contributed by atoms with Crippen LogP contribution in [0.1, 0.15) is 13.9 Å². The van der Waals surface area contributed by atoms with E-state index in [2.05, 4.69) is 4.74 Å². The van der Waals surface area contributed by atoms with E-state index in [1.54, 1.807) is 24.3 Å². The molecule has 0 aliphatic carbocycles. The van der Waals surface area contributed by atoms with Crippen molar-refractivity contribution in [2.45, 2.75) is 19.4 Å². The molecule has 1 aromatic carbocycles. The van der Waals surface area contributed by atoms with Crippen LogP contribution in [0.4, 0.5) is 0 Å². The fourth-order valence-corrected chi connectivity index (χ4v) is 1.04. The lowest BCUT2D eigenvalue weighted by atomic mass is 10.1. The van der Waals surface area contributed by atoms with Gasteiger partial charge in [-0.3, -0.25) is 4.79 Å². The number of aliphatic hydroxyl groups excluding tert-OH is 1. The number of carbonyl (C=O) groups is 1. The second-order valence-electron chi connectivity index (χ2n) is 2.95. The van der Waals surface area contributed by atoms with Crippen molar-refractivity contribution in [2.75, 3.05) is 6.61 Å². The third-order valence-corrected chi connectivity index (χ3v) is 1.64. The van der Waals surface area contributed by atoms with E-state index < -0.39 is 18.5 Å². The molecule has 1 aromatic rings. The summed E-state index contributed by atoms with van der Waals surface area (Å²) < 4.78 is 12.4. The van der Waals surface area contributed by atoms with Gasteiger partial charge >= 0.3 is 5.97 Å². The fourth-order valence-electron chi connectivity index (χ4n) is 1.04. The minimum absolute atomic E-state index is 0.140. The highest BCUT2D eigenvalue weighted by molar-refractivity contribution is 5.65. The number of carbonyl (C=O) groups excluding carboxylic acids is 1. The molecule has 0 spiro atoms. The van der Waals surface area contributed by atoms with Crippen molar-refractivity contribution >= 4 is 5.97 Å². The highest BCUT2D eigenvalue weighted by Gasteiger charge is 2.06. The Bertz CT molecular complexity index is 313. The van der Waals surface area contributed by atoms with Gasteiger partial charge in [0, 0.05) is 14.7 Å². The normalized spacial score (nSPS) is 15.4. The standard InChI is InChI=1S/C11H14O3/c1-9(12)14-8-11(13)7-10-5-3-2-4-6-10/h2-6,11,13H,7-8H2,1H3/i7D. The van der Waals surface area contributed by atoms with Gasteiger partial charge in [0.25, 0.3) is 0 Å². The number of benzene rings is 1. The van der Waals surface area contributed by atoms with Crippen LogP contribution in [0.3, 0.4) is 0 Å². The Balaban J connectivity index is 2.53. The second-order valence-corrected chi connectivity index (χ2v) is 2.95. The topological polar surface area (TPSA) is 46.5 Å². The number of rotatable bonds is 4. The molecule has 2 unspecified atom stereocenters. The molecule has 76 valence electrons. The molecule has 0 aliphatic rings. The van der Waals surface area contributed by atoms with Crippen LogP contribution in [0, 0.1) is 0 Å². The Morgan fingerprint density at radius 2 is 2.21 bits per heavy atom. The van der Waals surface area contributed by atoms with Crippen LogP contribution in [0.2, 0.25) is 0 Å². The van der Waals surface area contributed by atoms with Crippen molar-refractivity contribution in [3.8, 4) is 0 Å². The quantitative estimate of drug-likeness (QED) is 0.733. The lowest BCUT2D eigenvalue weighted by Gasteiger charge is -2.09. The Hall–Kier alpha value is -1.35. The van der Waals surface area contributed by atoms with Crippen LogP contribution in [0.15, 0.2) is 30.3 Å². The highest BCUT2D eigenvalue weighted by atomic mass is 16.5. The monoisotopic (exact) mass is 195 g/mol. The van der Waals surface area contributed by atoms with Gasteiger partial charge in [0.1, 0.15) is 6.61 Å². The Kier molecular flexibility index (Phi) is 3.55. The van der Waals surface area contributed by atoms with Crippen LogP contribution in [0.5, 0.6) is 0 Å². The molecule has 2 atom stereocenters. The van der Waals surface area contributed by atoms with Crippen LogP contribution in [0.25, 0.3) is 0 Å². The van der Waals surface area contributed by atoms with E-state index in [1.165, 1.54) is 6.92 Å². The van der Waals surface area contributed by atoms with Crippen molar-refractivity contribution in [3.63, 3.8) is 0 Å². The maximum atomic E-state index is 10.5. The molecule has 0 fully saturated rings. The second kappa shape index (κ2) is 5.40. The summed E-state index contributed by atoms with van der Waals surface area (Å²) >= 11 is 0. The molecule has 0 aliphatic heterocycles. The molecular weight excluding hydrogens is 180 g/mol. The van der Waals surface area contributed by atoms with Gasteiger partial charge in [0.2, 0.25) is 0 Å². The predicted molar refractivity (Wildman–Crippen MR) is 52.8 cm³/mol. The molecule has 3 heteroatoms. The lowest BCUT2D eigenvalue weighted by molar-refractivity contribution is -0.143. The molecule has 0 heterocycles. The largest absolute Gasteiger partial charge is 0.463 e. The van der Waals surface area contributed by atoms with Crippen molar-refractivity contribution in [2.24, 2.45) is 0 Å². The molecule has 0 radical (unpaired) electrons. The summed E-state index contributed by atoms with van der Waals surface area (Å²) in [7, 11) is 0. The first-order valence-corrected chi connectivity index (χ1v) is 4.40. The first-order valence-electron chi connectivity index (χ1n) is 4.97. The summed E-state index contributed by atoms with van der Waals surface area (Å²) in [4.78, 5) is 10.5. The van der Waals surface area contributed by atoms with Crippen LogP contribution < -0.4 is 0 Å². The Morgan fingerprint density at radius 3 is 2.79 bits per heavy atom. The molecule has 0 aromatic heterocycles. The average molecular weight is 195 g/mol. The van der Waals surface area contributed by atoms with Gasteiger partial charge in [-0.1, -0.05) is 30.3 Å². The zero-order chi connectivity index (χ0) is 11.3. The maximum absolute atomic E-state index is 10.5. The zero-order valence-corrected chi connectivity index (χ0v) is 8.01. The molecule has 0 amide bonds. The number of hydrogen-bond acceptors (Lipinski definition) is 3. The number of aliphatic hydroxyl groups is 1. The van der Waals surface area contributed by atoms with Crippen LogP contribution >= 0.6 is 0 Å². The van der Waals surface area contributed by atoms with E-state index in [0.29, 0.717) is 5.56 Å². The smallest absolute Gasteiger partial charge is 0.302 e. The zero-order valence-electron chi connectivity index (χ0n) is 9.01. The minimum Gasteiger partial charge on any atom is -0.463 e. The van der Waals surface area contributed by atoms with Gasteiger partial charge in [0.05, 0.1) is 6.10 Å². The van der Waals surface area contributed by atoms with Crippen molar-refractivity contribution in [1.82, 2.24) is 0 Å². The van der Waals surface area contributed by atoms with Crippen molar-refractivity contribution in [1.29, 1.82) is 0 Å². The Labute approximate surface area is 84.7 Å². The molecule has 14 heavy (non-hydrogen) atoms. The molecule has 1 N–H and O–H groups in total. The van der Waals surface area contributed by atoms with Gasteiger partial charge in [-0.2, -0.15) is 0 Å². The summed E-state index contributed by atoms with van der Waals surface area (Å²) in [6.07, 6.45) is -1.78. The molecule has 0 bridgehead atoms. The van der Waals surface area contributed by atoms with E-state index in [9.17, 15) is 9.90 Å². The fraction of sp³-hybridized carbons (Fsp3) is 0.364. The third-order valence-electron chi connectivity index (χ3n) is 1.64. The first kappa shape index (κ1) is 9.21. The SMILES string of the molecule is [2H]C(c1ccccc1)C(O)COC(C)=O. The maximum Gasteiger partial charge on any atom is 0.302 e. The van der Waals surface area contributed by atoms with Gasteiger partial charge in [-0.05, 0) is 5.56 Å². The minimum atomic E-state index is -0.990. The van der Waals surface area contributed by atoms with Gasteiger partial charge in [-0.15, -0.1) is 0 Å². The predicted octanol–water partition coefficient (Wildman–Crippen LogP) is 1.15. The van der Waals surface area contributed by atoms with E-state index in [0.717, 1.165) is 0 Å². The molecule has 0 saturated heterocycles. The molecule has 3 nitrogen and oxygen atoms in total. The number of hydrogen-bond donors (Lipinski definition) is 1. The van der Waals surface area contributed by atoms with E-state index in [-0.39, 0.29) is 6.61 Å². The van der Waals surface area contributed by atoms with Crippen LogP contribution in [-0.4, -0.2) is 23.8 Å². The van der Waals surface area contributed by atoms with E-state index in [1.807, 2.05) is 6.07 Å². The molecular formula is C11H14O3. The Morgan fingerprint density at radius 1 is 1.57 bits per heavy atom. The lowest BCUT2D eigenvalue weighted by Crippen LogP contribution is -2.19. The highest BCUT2D eigenvalue weighted by Crippen LogP contribution is 2.03. The number of ether oxygens (including phenoxy) is 1. The third kappa shape index (κ3) is 4.05. The van der Waals surface area contributed by atoms with Crippen LogP contribution in [-0.2, 0) is 15.9 Å². The van der Waals surface area contributed by atoms with Gasteiger partial charge in [-0.25, -0.2) is 0 Å². The van der Waals surface area contributed by atoms with Gasteiger partial charge in [0.15, 0.2) is 0 Å². The number of esters is 1. The van der Waals surface area contributed by atoms with E-state index >= 15 is 0 Å².